The van der Waals surface area contributed by atoms with Gasteiger partial charge in [0.25, 0.3) is 0 Å². The number of benzene rings is 1. The SMILES string of the molecule is CC(C)NCCc1ccc(NS(C)(=O)=O)cc1.Cl. The summed E-state index contributed by atoms with van der Waals surface area (Å²) < 4.78 is 24.5. The molecule has 6 heteroatoms. The van der Waals surface area contributed by atoms with Crippen molar-refractivity contribution in [1.29, 1.82) is 0 Å². The zero-order valence-corrected chi connectivity index (χ0v) is 12.6. The summed E-state index contributed by atoms with van der Waals surface area (Å²) in [5, 5.41) is 3.34. The molecule has 0 aliphatic carbocycles. The number of anilines is 1. The summed E-state index contributed by atoms with van der Waals surface area (Å²) in [5.74, 6) is 0. The van der Waals surface area contributed by atoms with E-state index < -0.39 is 10.0 Å². The quantitative estimate of drug-likeness (QED) is 0.843. The Kier molecular flexibility index (Phi) is 7.28. The van der Waals surface area contributed by atoms with Crippen LogP contribution in [0, 0.1) is 0 Å². The number of rotatable bonds is 6. The lowest BCUT2D eigenvalue weighted by molar-refractivity contribution is 0.590. The first-order chi connectivity index (χ1) is 7.87. The van der Waals surface area contributed by atoms with Crippen LogP contribution in [0.2, 0.25) is 0 Å². The van der Waals surface area contributed by atoms with Crippen LogP contribution in [0.4, 0.5) is 5.69 Å². The Morgan fingerprint density at radius 2 is 1.72 bits per heavy atom. The normalized spacial score (nSPS) is 11.1. The molecule has 4 nitrogen and oxygen atoms in total. The van der Waals surface area contributed by atoms with Gasteiger partial charge < -0.3 is 5.32 Å². The number of hydrogen-bond acceptors (Lipinski definition) is 3. The van der Waals surface area contributed by atoms with Crippen molar-refractivity contribution in [3.63, 3.8) is 0 Å². The fraction of sp³-hybridized carbons (Fsp3) is 0.500. The summed E-state index contributed by atoms with van der Waals surface area (Å²) in [7, 11) is -3.18. The lowest BCUT2D eigenvalue weighted by Crippen LogP contribution is -2.24. The molecule has 0 atom stereocenters. The van der Waals surface area contributed by atoms with Gasteiger partial charge >= 0.3 is 0 Å². The molecule has 0 spiro atoms. The second-order valence-electron chi connectivity index (χ2n) is 4.43. The maximum Gasteiger partial charge on any atom is 0.229 e. The monoisotopic (exact) mass is 292 g/mol. The second kappa shape index (κ2) is 7.61. The number of nitrogens with one attached hydrogen (secondary N) is 2. The van der Waals surface area contributed by atoms with Gasteiger partial charge in [0, 0.05) is 11.7 Å². The minimum atomic E-state index is -3.18. The Morgan fingerprint density at radius 3 is 2.17 bits per heavy atom. The average molecular weight is 293 g/mol. The molecule has 2 N–H and O–H groups in total. The van der Waals surface area contributed by atoms with Gasteiger partial charge in [-0.15, -0.1) is 12.4 Å². The Morgan fingerprint density at radius 1 is 1.17 bits per heavy atom. The van der Waals surface area contributed by atoms with Crippen molar-refractivity contribution < 1.29 is 8.42 Å². The molecule has 0 aliphatic rings. The van der Waals surface area contributed by atoms with Gasteiger partial charge in [-0.2, -0.15) is 0 Å². The van der Waals surface area contributed by atoms with Crippen molar-refractivity contribution in [1.82, 2.24) is 5.32 Å². The standard InChI is InChI=1S/C12H20N2O2S.ClH/c1-10(2)13-9-8-11-4-6-12(7-5-11)14-17(3,15)16;/h4-7,10,13-14H,8-9H2,1-3H3;1H. The van der Waals surface area contributed by atoms with Gasteiger partial charge in [-0.3, -0.25) is 4.72 Å². The molecule has 18 heavy (non-hydrogen) atoms. The van der Waals surface area contributed by atoms with E-state index in [0.717, 1.165) is 19.2 Å². The summed E-state index contributed by atoms with van der Waals surface area (Å²) in [6.45, 7) is 5.15. The smallest absolute Gasteiger partial charge is 0.229 e. The molecule has 0 fully saturated rings. The molecule has 1 aromatic carbocycles. The van der Waals surface area contributed by atoms with Crippen LogP contribution in [-0.4, -0.2) is 27.3 Å². The lowest BCUT2D eigenvalue weighted by Gasteiger charge is -2.08. The third-order valence-electron chi connectivity index (χ3n) is 2.22. The van der Waals surface area contributed by atoms with Crippen LogP contribution in [0.3, 0.4) is 0 Å². The third kappa shape index (κ3) is 7.53. The second-order valence-corrected chi connectivity index (χ2v) is 6.18. The zero-order chi connectivity index (χ0) is 12.9. The first-order valence-corrected chi connectivity index (χ1v) is 7.56. The first-order valence-electron chi connectivity index (χ1n) is 5.67. The highest BCUT2D eigenvalue weighted by molar-refractivity contribution is 7.92. The van der Waals surface area contributed by atoms with Gasteiger partial charge in [0.05, 0.1) is 6.26 Å². The summed E-state index contributed by atoms with van der Waals surface area (Å²) in [5.41, 5.74) is 1.80. The highest BCUT2D eigenvalue weighted by Gasteiger charge is 2.01. The van der Waals surface area contributed by atoms with Crippen molar-refractivity contribution in [2.45, 2.75) is 26.3 Å². The third-order valence-corrected chi connectivity index (χ3v) is 2.83. The van der Waals surface area contributed by atoms with Gasteiger partial charge in [0.2, 0.25) is 10.0 Å². The van der Waals surface area contributed by atoms with Gasteiger partial charge in [-0.25, -0.2) is 8.42 Å². The molecule has 0 bridgehead atoms. The molecule has 0 saturated carbocycles. The van der Waals surface area contributed by atoms with E-state index in [-0.39, 0.29) is 12.4 Å². The largest absolute Gasteiger partial charge is 0.314 e. The van der Waals surface area contributed by atoms with Crippen molar-refractivity contribution in [3.8, 4) is 0 Å². The average Bonchev–Trinajstić information content (AvgIpc) is 2.18. The van der Waals surface area contributed by atoms with E-state index in [1.807, 2.05) is 12.1 Å². The van der Waals surface area contributed by atoms with Crippen LogP contribution in [0.5, 0.6) is 0 Å². The molecule has 0 aromatic heterocycles. The summed E-state index contributed by atoms with van der Waals surface area (Å²) in [6, 6.07) is 7.93. The fourth-order valence-corrected chi connectivity index (χ4v) is 2.02. The van der Waals surface area contributed by atoms with Gasteiger partial charge in [-0.05, 0) is 30.7 Å². The van der Waals surface area contributed by atoms with Gasteiger partial charge in [0.15, 0.2) is 0 Å². The number of sulfonamides is 1. The maximum absolute atomic E-state index is 11.0. The van der Waals surface area contributed by atoms with E-state index in [1.54, 1.807) is 12.1 Å². The van der Waals surface area contributed by atoms with E-state index in [1.165, 1.54) is 5.56 Å². The van der Waals surface area contributed by atoms with E-state index in [9.17, 15) is 8.42 Å². The van der Waals surface area contributed by atoms with Crippen LogP contribution in [-0.2, 0) is 16.4 Å². The van der Waals surface area contributed by atoms with Crippen molar-refractivity contribution in [2.24, 2.45) is 0 Å². The van der Waals surface area contributed by atoms with Gasteiger partial charge in [0.1, 0.15) is 0 Å². The number of hydrogen-bond donors (Lipinski definition) is 2. The van der Waals surface area contributed by atoms with Crippen LogP contribution < -0.4 is 10.0 Å². The summed E-state index contributed by atoms with van der Waals surface area (Å²) in [4.78, 5) is 0. The van der Waals surface area contributed by atoms with Crippen molar-refractivity contribution >= 4 is 28.1 Å². The molecule has 1 rings (SSSR count). The van der Waals surface area contributed by atoms with Crippen molar-refractivity contribution in [3.05, 3.63) is 29.8 Å². The zero-order valence-electron chi connectivity index (χ0n) is 10.9. The Hall–Kier alpha value is -0.780. The fourth-order valence-electron chi connectivity index (χ4n) is 1.46. The van der Waals surface area contributed by atoms with Crippen molar-refractivity contribution in [2.75, 3.05) is 17.5 Å². The van der Waals surface area contributed by atoms with E-state index >= 15 is 0 Å². The highest BCUT2D eigenvalue weighted by Crippen LogP contribution is 2.11. The molecule has 1 aromatic rings. The lowest BCUT2D eigenvalue weighted by atomic mass is 10.1. The van der Waals surface area contributed by atoms with E-state index in [0.29, 0.717) is 11.7 Å². The Balaban J connectivity index is 0.00000289. The molecule has 0 saturated heterocycles. The van der Waals surface area contributed by atoms with Crippen LogP contribution >= 0.6 is 12.4 Å². The topological polar surface area (TPSA) is 58.2 Å². The molecule has 0 unspecified atom stereocenters. The highest BCUT2D eigenvalue weighted by atomic mass is 35.5. The predicted molar refractivity (Wildman–Crippen MR) is 79.0 cm³/mol. The predicted octanol–water partition coefficient (Wildman–Crippen LogP) is 2.02. The van der Waals surface area contributed by atoms with Crippen LogP contribution in [0.1, 0.15) is 19.4 Å². The Labute approximate surface area is 116 Å². The Bertz CT molecular complexity index is 444. The number of halogens is 1. The van der Waals surface area contributed by atoms with Gasteiger partial charge in [-0.1, -0.05) is 26.0 Å². The first kappa shape index (κ1) is 17.2. The molecule has 0 amide bonds. The van der Waals surface area contributed by atoms with E-state index in [2.05, 4.69) is 23.9 Å². The molecule has 0 heterocycles. The molecular weight excluding hydrogens is 272 g/mol. The summed E-state index contributed by atoms with van der Waals surface area (Å²) >= 11 is 0. The van der Waals surface area contributed by atoms with Crippen LogP contribution in [0.25, 0.3) is 0 Å². The van der Waals surface area contributed by atoms with Crippen LogP contribution in [0.15, 0.2) is 24.3 Å². The summed E-state index contributed by atoms with van der Waals surface area (Å²) in [6.07, 6.45) is 2.09. The minimum Gasteiger partial charge on any atom is -0.314 e. The molecular formula is C12H21ClN2O2S. The van der Waals surface area contributed by atoms with E-state index in [4.69, 9.17) is 0 Å². The molecule has 104 valence electrons. The molecule has 0 radical (unpaired) electrons. The maximum atomic E-state index is 11.0. The minimum absolute atomic E-state index is 0. The molecule has 0 aliphatic heterocycles.